The zero-order valence-corrected chi connectivity index (χ0v) is 15.9. The molecule has 0 saturated carbocycles. The zero-order chi connectivity index (χ0) is 20.4. The number of hydrogen-bond acceptors (Lipinski definition) is 4. The number of nitrogens with one attached hydrogen (secondary N) is 2. The Morgan fingerprint density at radius 3 is 2.62 bits per heavy atom. The topological polar surface area (TPSA) is 91.7 Å². The monoisotopic (exact) mass is 391 g/mol. The van der Waals surface area contributed by atoms with Crippen molar-refractivity contribution in [2.24, 2.45) is 0 Å². The van der Waals surface area contributed by atoms with E-state index in [0.717, 1.165) is 21.4 Å². The van der Waals surface area contributed by atoms with E-state index in [-0.39, 0.29) is 6.54 Å². The van der Waals surface area contributed by atoms with Crippen LogP contribution < -0.4 is 10.6 Å². The Hall–Kier alpha value is -3.61. The van der Waals surface area contributed by atoms with Crippen LogP contribution in [-0.2, 0) is 16.0 Å². The lowest BCUT2D eigenvalue weighted by atomic mass is 10.1. The van der Waals surface area contributed by atoms with E-state index in [2.05, 4.69) is 10.6 Å². The lowest BCUT2D eigenvalue weighted by Crippen LogP contribution is -2.41. The van der Waals surface area contributed by atoms with Crippen molar-refractivity contribution < 1.29 is 18.8 Å². The van der Waals surface area contributed by atoms with Crippen molar-refractivity contribution in [3.8, 4) is 0 Å². The summed E-state index contributed by atoms with van der Waals surface area (Å²) < 4.78 is 5.75. The number of rotatable bonds is 6. The van der Waals surface area contributed by atoms with Gasteiger partial charge in [-0.05, 0) is 24.6 Å². The Morgan fingerprint density at radius 1 is 1.14 bits per heavy atom. The number of para-hydroxylation sites is 1. The van der Waals surface area contributed by atoms with Crippen LogP contribution in [0.2, 0.25) is 0 Å². The minimum atomic E-state index is -0.662. The molecule has 0 bridgehead atoms. The molecule has 1 aliphatic rings. The Balaban J connectivity index is 1.37. The fraction of sp³-hybridized carbons (Fsp3) is 0.227. The van der Waals surface area contributed by atoms with Crippen molar-refractivity contribution in [1.29, 1.82) is 0 Å². The average Bonchev–Trinajstić information content (AvgIpc) is 3.26. The van der Waals surface area contributed by atoms with Crippen LogP contribution in [0.1, 0.15) is 24.3 Å². The minimum absolute atomic E-state index is 0.333. The van der Waals surface area contributed by atoms with Gasteiger partial charge in [-0.1, -0.05) is 48.5 Å². The van der Waals surface area contributed by atoms with E-state index in [9.17, 15) is 14.4 Å². The van der Waals surface area contributed by atoms with Crippen LogP contribution in [0.25, 0.3) is 11.0 Å². The number of hydrogen-bond donors (Lipinski definition) is 2. The smallest absolute Gasteiger partial charge is 0.325 e. The molecule has 0 unspecified atom stereocenters. The van der Waals surface area contributed by atoms with Gasteiger partial charge >= 0.3 is 6.03 Å². The number of imide groups is 1. The fourth-order valence-corrected chi connectivity index (χ4v) is 3.43. The maximum Gasteiger partial charge on any atom is 0.325 e. The molecule has 148 valence electrons. The van der Waals surface area contributed by atoms with Crippen molar-refractivity contribution in [3.05, 3.63) is 72.0 Å². The number of carbonyl (C=O) groups is 3. The Bertz CT molecular complexity index is 1030. The van der Waals surface area contributed by atoms with Gasteiger partial charge in [0.05, 0.1) is 6.04 Å². The van der Waals surface area contributed by atoms with Crippen molar-refractivity contribution in [2.75, 3.05) is 6.54 Å². The highest BCUT2D eigenvalue weighted by molar-refractivity contribution is 6.06. The maximum absolute atomic E-state index is 12.6. The van der Waals surface area contributed by atoms with Gasteiger partial charge in [0.15, 0.2) is 0 Å². The molecular weight excluding hydrogens is 370 g/mol. The van der Waals surface area contributed by atoms with Gasteiger partial charge in [0.25, 0.3) is 5.91 Å². The van der Waals surface area contributed by atoms with Crippen LogP contribution >= 0.6 is 0 Å². The van der Waals surface area contributed by atoms with Crippen LogP contribution in [0.15, 0.2) is 65.1 Å². The zero-order valence-electron chi connectivity index (χ0n) is 15.9. The van der Waals surface area contributed by atoms with Crippen molar-refractivity contribution >= 4 is 28.8 Å². The van der Waals surface area contributed by atoms with Crippen molar-refractivity contribution in [2.45, 2.75) is 25.4 Å². The van der Waals surface area contributed by atoms with E-state index in [1.807, 2.05) is 60.7 Å². The third kappa shape index (κ3) is 3.99. The van der Waals surface area contributed by atoms with Gasteiger partial charge in [-0.2, -0.15) is 0 Å². The summed E-state index contributed by atoms with van der Waals surface area (Å²) in [5.74, 6) is -0.217. The van der Waals surface area contributed by atoms with Crippen LogP contribution in [-0.4, -0.2) is 35.3 Å². The summed E-state index contributed by atoms with van der Waals surface area (Å²) in [4.78, 5) is 38.1. The van der Waals surface area contributed by atoms with Gasteiger partial charge in [0.1, 0.15) is 23.9 Å². The second-order valence-corrected chi connectivity index (χ2v) is 7.09. The summed E-state index contributed by atoms with van der Waals surface area (Å²) in [5, 5.41) is 6.38. The summed E-state index contributed by atoms with van der Waals surface area (Å²) in [6.45, 7) is 1.46. The van der Waals surface area contributed by atoms with Gasteiger partial charge in [-0.3, -0.25) is 14.5 Å². The minimum Gasteiger partial charge on any atom is -0.459 e. The Morgan fingerprint density at radius 2 is 1.86 bits per heavy atom. The normalized spacial score (nSPS) is 17.4. The third-order valence-corrected chi connectivity index (χ3v) is 4.94. The second-order valence-electron chi connectivity index (χ2n) is 7.09. The van der Waals surface area contributed by atoms with E-state index in [1.54, 1.807) is 6.92 Å². The largest absolute Gasteiger partial charge is 0.459 e. The molecule has 2 N–H and O–H groups in total. The third-order valence-electron chi connectivity index (χ3n) is 4.94. The molecule has 4 amide bonds. The standard InChI is InChI=1S/C22H21N3O4/c1-14(19-12-16-9-5-6-10-18(16)29-19)23-20(26)13-25-21(27)17(24-22(25)28)11-15-7-3-2-4-8-15/h2-10,12,14,17H,11,13H2,1H3,(H,23,26)(H,24,28)/t14-,17-/m1/s1. The van der Waals surface area contributed by atoms with Gasteiger partial charge in [0, 0.05) is 11.8 Å². The lowest BCUT2D eigenvalue weighted by molar-refractivity contribution is -0.132. The molecule has 2 heterocycles. The van der Waals surface area contributed by atoms with E-state index >= 15 is 0 Å². The second kappa shape index (κ2) is 7.79. The molecule has 0 radical (unpaired) electrons. The van der Waals surface area contributed by atoms with E-state index < -0.39 is 29.9 Å². The van der Waals surface area contributed by atoms with Gasteiger partial charge in [-0.25, -0.2) is 4.79 Å². The van der Waals surface area contributed by atoms with Gasteiger partial charge in [0.2, 0.25) is 5.91 Å². The molecule has 1 fully saturated rings. The summed E-state index contributed by atoms with van der Waals surface area (Å²) in [5.41, 5.74) is 1.68. The molecular formula is C22H21N3O4. The molecule has 2 aromatic carbocycles. The number of amides is 4. The van der Waals surface area contributed by atoms with E-state index in [1.165, 1.54) is 0 Å². The summed E-state index contributed by atoms with van der Waals surface area (Å²) >= 11 is 0. The maximum atomic E-state index is 12.6. The molecule has 7 nitrogen and oxygen atoms in total. The first-order chi connectivity index (χ1) is 14.0. The molecule has 1 saturated heterocycles. The number of carbonyl (C=O) groups excluding carboxylic acids is 3. The first kappa shape index (κ1) is 18.7. The summed E-state index contributed by atoms with van der Waals surface area (Å²) in [7, 11) is 0. The van der Waals surface area contributed by atoms with Gasteiger partial charge < -0.3 is 15.1 Å². The highest BCUT2D eigenvalue weighted by Gasteiger charge is 2.39. The first-order valence-electron chi connectivity index (χ1n) is 9.45. The number of nitrogens with zero attached hydrogens (tertiary/aromatic N) is 1. The SMILES string of the molecule is C[C@@H](NC(=O)CN1C(=O)N[C@H](Cc2ccccc2)C1=O)c1cc2ccccc2o1. The molecule has 7 heteroatoms. The molecule has 4 rings (SSSR count). The summed E-state index contributed by atoms with van der Waals surface area (Å²) in [6, 6.07) is 17.3. The van der Waals surface area contributed by atoms with Crippen LogP contribution in [0.5, 0.6) is 0 Å². The molecule has 29 heavy (non-hydrogen) atoms. The number of benzene rings is 2. The molecule has 3 aromatic rings. The van der Waals surface area contributed by atoms with Crippen molar-refractivity contribution in [1.82, 2.24) is 15.5 Å². The number of urea groups is 1. The predicted octanol–water partition coefficient (Wildman–Crippen LogP) is 2.77. The van der Waals surface area contributed by atoms with Crippen molar-refractivity contribution in [3.63, 3.8) is 0 Å². The highest BCUT2D eigenvalue weighted by atomic mass is 16.3. The quantitative estimate of drug-likeness (QED) is 0.632. The predicted molar refractivity (Wildman–Crippen MR) is 107 cm³/mol. The van der Waals surface area contributed by atoms with Crippen LogP contribution in [0, 0.1) is 0 Å². The number of fused-ring (bicyclic) bond motifs is 1. The van der Waals surface area contributed by atoms with Gasteiger partial charge in [-0.15, -0.1) is 0 Å². The summed E-state index contributed by atoms with van der Waals surface area (Å²) in [6.07, 6.45) is 0.388. The molecule has 2 atom stereocenters. The fourth-order valence-electron chi connectivity index (χ4n) is 3.43. The molecule has 1 aliphatic heterocycles. The van der Waals surface area contributed by atoms with E-state index in [0.29, 0.717) is 12.2 Å². The molecule has 1 aromatic heterocycles. The highest BCUT2D eigenvalue weighted by Crippen LogP contribution is 2.23. The Kier molecular flexibility index (Phi) is 5.03. The van der Waals surface area contributed by atoms with Crippen LogP contribution in [0.4, 0.5) is 4.79 Å². The van der Waals surface area contributed by atoms with E-state index in [4.69, 9.17) is 4.42 Å². The first-order valence-corrected chi connectivity index (χ1v) is 9.45. The number of furan rings is 1. The van der Waals surface area contributed by atoms with Crippen LogP contribution in [0.3, 0.4) is 0 Å². The Labute approximate surface area is 167 Å². The molecule has 0 aliphatic carbocycles. The molecule has 0 spiro atoms. The lowest BCUT2D eigenvalue weighted by Gasteiger charge is -2.15. The average molecular weight is 391 g/mol.